The van der Waals surface area contributed by atoms with Gasteiger partial charge in [0.1, 0.15) is 0 Å². The molecule has 3 N–H and O–H groups in total. The summed E-state index contributed by atoms with van der Waals surface area (Å²) in [6, 6.07) is 7.36. The lowest BCUT2D eigenvalue weighted by Crippen LogP contribution is -2.16. The largest absolute Gasteiger partial charge is 0.366 e. The van der Waals surface area contributed by atoms with E-state index in [4.69, 9.17) is 5.73 Å². The van der Waals surface area contributed by atoms with Crippen LogP contribution in [0.15, 0.2) is 29.6 Å². The molecule has 0 aliphatic heterocycles. The van der Waals surface area contributed by atoms with Crippen LogP contribution in [0.3, 0.4) is 0 Å². The van der Waals surface area contributed by atoms with Crippen LogP contribution in [0.5, 0.6) is 0 Å². The van der Waals surface area contributed by atoms with Crippen molar-refractivity contribution in [1.29, 1.82) is 0 Å². The van der Waals surface area contributed by atoms with Gasteiger partial charge in [0.05, 0.1) is 10.7 Å². The number of primary amides is 1. The third-order valence-corrected chi connectivity index (χ3v) is 4.36. The Bertz CT molecular complexity index is 628. The number of carbonyl (C=O) groups is 1. The topological polar surface area (TPSA) is 68.0 Å². The maximum absolute atomic E-state index is 11.1. The van der Waals surface area contributed by atoms with Crippen LogP contribution in [-0.2, 0) is 18.5 Å². The van der Waals surface area contributed by atoms with Crippen LogP contribution in [0.1, 0.15) is 47.4 Å². The van der Waals surface area contributed by atoms with Crippen molar-refractivity contribution < 1.29 is 4.79 Å². The van der Waals surface area contributed by atoms with Gasteiger partial charge < -0.3 is 11.1 Å². The van der Waals surface area contributed by atoms with Gasteiger partial charge in [0.2, 0.25) is 5.91 Å². The number of nitrogens with zero attached hydrogens (tertiary/aromatic N) is 1. The molecule has 0 atom stereocenters. The molecule has 1 aromatic heterocycles. The Labute approximate surface area is 129 Å². The number of nitrogens with two attached hydrogens (primary N) is 1. The molecular formula is C16H21N3OS. The predicted octanol–water partition coefficient (Wildman–Crippen LogP) is 2.83. The van der Waals surface area contributed by atoms with Crippen molar-refractivity contribution in [2.24, 2.45) is 5.73 Å². The van der Waals surface area contributed by atoms with Gasteiger partial charge in [-0.25, -0.2) is 4.98 Å². The Kier molecular flexibility index (Phi) is 4.75. The minimum atomic E-state index is -0.397. The summed E-state index contributed by atoms with van der Waals surface area (Å²) in [4.78, 5) is 15.8. The number of amides is 1. The van der Waals surface area contributed by atoms with Crippen LogP contribution in [0.25, 0.3) is 0 Å². The molecule has 0 unspecified atom stereocenters. The summed E-state index contributed by atoms with van der Waals surface area (Å²) in [6.07, 6.45) is 0. The molecule has 112 valence electrons. The Balaban J connectivity index is 1.91. The standard InChI is InChI=1S/C16H21N3OS/c1-16(2,3)15-19-13(10-21-15)9-18-8-11-5-4-6-12(7-11)14(17)20/h4-7,10,18H,8-9H2,1-3H3,(H2,17,20). The minimum Gasteiger partial charge on any atom is -0.366 e. The second-order valence-electron chi connectivity index (χ2n) is 6.06. The summed E-state index contributed by atoms with van der Waals surface area (Å²) in [5, 5.41) is 6.58. The molecule has 0 aliphatic carbocycles. The molecule has 21 heavy (non-hydrogen) atoms. The van der Waals surface area contributed by atoms with Crippen molar-refractivity contribution in [3.05, 3.63) is 51.5 Å². The molecule has 2 rings (SSSR count). The number of thiazole rings is 1. The predicted molar refractivity (Wildman–Crippen MR) is 86.3 cm³/mol. The minimum absolute atomic E-state index is 0.0960. The van der Waals surface area contributed by atoms with E-state index in [0.29, 0.717) is 18.7 Å². The summed E-state index contributed by atoms with van der Waals surface area (Å²) in [5.41, 5.74) is 8.00. The van der Waals surface area contributed by atoms with Gasteiger partial charge in [-0.3, -0.25) is 4.79 Å². The van der Waals surface area contributed by atoms with Crippen molar-refractivity contribution in [3.8, 4) is 0 Å². The average Bonchev–Trinajstić information content (AvgIpc) is 2.88. The van der Waals surface area contributed by atoms with Crippen molar-refractivity contribution in [2.75, 3.05) is 0 Å². The van der Waals surface area contributed by atoms with Crippen LogP contribution < -0.4 is 11.1 Å². The van der Waals surface area contributed by atoms with E-state index >= 15 is 0 Å². The van der Waals surface area contributed by atoms with E-state index in [1.165, 1.54) is 0 Å². The molecule has 0 bridgehead atoms. The van der Waals surface area contributed by atoms with E-state index in [1.807, 2.05) is 18.2 Å². The first-order valence-corrected chi connectivity index (χ1v) is 7.78. The van der Waals surface area contributed by atoms with E-state index in [9.17, 15) is 4.79 Å². The number of aromatic nitrogens is 1. The van der Waals surface area contributed by atoms with E-state index in [-0.39, 0.29) is 5.41 Å². The smallest absolute Gasteiger partial charge is 0.248 e. The molecule has 5 heteroatoms. The highest BCUT2D eigenvalue weighted by molar-refractivity contribution is 7.09. The first-order chi connectivity index (χ1) is 9.86. The average molecular weight is 303 g/mol. The number of nitrogens with one attached hydrogen (secondary N) is 1. The Morgan fingerprint density at radius 1 is 1.33 bits per heavy atom. The molecule has 0 saturated heterocycles. The molecule has 1 heterocycles. The lowest BCUT2D eigenvalue weighted by molar-refractivity contribution is 0.1000. The van der Waals surface area contributed by atoms with E-state index in [1.54, 1.807) is 17.4 Å². The Morgan fingerprint density at radius 2 is 2.10 bits per heavy atom. The fourth-order valence-electron chi connectivity index (χ4n) is 1.90. The highest BCUT2D eigenvalue weighted by atomic mass is 32.1. The van der Waals surface area contributed by atoms with Gasteiger partial charge in [-0.2, -0.15) is 0 Å². The molecular weight excluding hydrogens is 282 g/mol. The van der Waals surface area contributed by atoms with E-state index < -0.39 is 5.91 Å². The zero-order valence-corrected chi connectivity index (χ0v) is 13.5. The Hall–Kier alpha value is -1.72. The Morgan fingerprint density at radius 3 is 2.71 bits per heavy atom. The maximum Gasteiger partial charge on any atom is 0.248 e. The van der Waals surface area contributed by atoms with Gasteiger partial charge >= 0.3 is 0 Å². The summed E-state index contributed by atoms with van der Waals surface area (Å²) >= 11 is 1.70. The fraction of sp³-hybridized carbons (Fsp3) is 0.375. The lowest BCUT2D eigenvalue weighted by atomic mass is 9.98. The quantitative estimate of drug-likeness (QED) is 0.892. The number of carbonyl (C=O) groups excluding carboxylic acids is 1. The summed E-state index contributed by atoms with van der Waals surface area (Å²) in [7, 11) is 0. The zero-order chi connectivity index (χ0) is 15.5. The van der Waals surface area contributed by atoms with Crippen molar-refractivity contribution in [2.45, 2.75) is 39.3 Å². The van der Waals surface area contributed by atoms with Crippen LogP contribution in [0.4, 0.5) is 0 Å². The third-order valence-electron chi connectivity index (χ3n) is 3.04. The van der Waals surface area contributed by atoms with E-state index in [0.717, 1.165) is 16.3 Å². The lowest BCUT2D eigenvalue weighted by Gasteiger charge is -2.13. The van der Waals surface area contributed by atoms with Gasteiger partial charge in [-0.1, -0.05) is 32.9 Å². The number of rotatable bonds is 5. The molecule has 4 nitrogen and oxygen atoms in total. The normalized spacial score (nSPS) is 11.6. The molecule has 0 radical (unpaired) electrons. The van der Waals surface area contributed by atoms with E-state index in [2.05, 4.69) is 36.5 Å². The van der Waals surface area contributed by atoms with Gasteiger partial charge in [-0.15, -0.1) is 11.3 Å². The second-order valence-corrected chi connectivity index (χ2v) is 6.92. The molecule has 1 amide bonds. The van der Waals surface area contributed by atoms with Crippen LogP contribution in [0, 0.1) is 0 Å². The highest BCUT2D eigenvalue weighted by Crippen LogP contribution is 2.25. The first kappa shape index (κ1) is 15.7. The third kappa shape index (κ3) is 4.37. The number of benzene rings is 1. The highest BCUT2D eigenvalue weighted by Gasteiger charge is 2.17. The van der Waals surface area contributed by atoms with Gasteiger partial charge in [-0.05, 0) is 17.7 Å². The molecule has 0 aliphatic rings. The van der Waals surface area contributed by atoms with Crippen molar-refractivity contribution >= 4 is 17.2 Å². The molecule has 1 aromatic carbocycles. The SMILES string of the molecule is CC(C)(C)c1nc(CNCc2cccc(C(N)=O)c2)cs1. The monoisotopic (exact) mass is 303 g/mol. The van der Waals surface area contributed by atoms with Crippen LogP contribution in [0.2, 0.25) is 0 Å². The molecule has 2 aromatic rings. The van der Waals surface area contributed by atoms with Gasteiger partial charge in [0.25, 0.3) is 0 Å². The van der Waals surface area contributed by atoms with Crippen molar-refractivity contribution in [3.63, 3.8) is 0 Å². The molecule has 0 fully saturated rings. The summed E-state index contributed by atoms with van der Waals surface area (Å²) < 4.78 is 0. The maximum atomic E-state index is 11.1. The molecule has 0 spiro atoms. The summed E-state index contributed by atoms with van der Waals surface area (Å²) in [5.74, 6) is -0.397. The fourth-order valence-corrected chi connectivity index (χ4v) is 2.81. The molecule has 0 saturated carbocycles. The number of hydrogen-bond acceptors (Lipinski definition) is 4. The summed E-state index contributed by atoms with van der Waals surface area (Å²) in [6.45, 7) is 7.89. The van der Waals surface area contributed by atoms with Gasteiger partial charge in [0.15, 0.2) is 0 Å². The second kappa shape index (κ2) is 6.37. The van der Waals surface area contributed by atoms with Crippen molar-refractivity contribution in [1.82, 2.24) is 10.3 Å². The number of hydrogen-bond donors (Lipinski definition) is 2. The van der Waals surface area contributed by atoms with Gasteiger partial charge in [0, 0.05) is 29.4 Å². The first-order valence-electron chi connectivity index (χ1n) is 6.90. The zero-order valence-electron chi connectivity index (χ0n) is 12.6. The van der Waals surface area contributed by atoms with Crippen LogP contribution >= 0.6 is 11.3 Å². The van der Waals surface area contributed by atoms with Crippen LogP contribution in [-0.4, -0.2) is 10.9 Å².